The summed E-state index contributed by atoms with van der Waals surface area (Å²) in [5.74, 6) is 0. The summed E-state index contributed by atoms with van der Waals surface area (Å²) < 4.78 is 1.11. The first-order valence-corrected chi connectivity index (χ1v) is 4.66. The molecule has 0 aromatic carbocycles. The molecule has 0 aliphatic carbocycles. The van der Waals surface area contributed by atoms with Crippen LogP contribution in [0.4, 0.5) is 0 Å². The highest BCUT2D eigenvalue weighted by Gasteiger charge is 2.06. The minimum absolute atomic E-state index is 0.338. The number of hydrogen-bond donors (Lipinski definition) is 1. The average Bonchev–Trinajstić information content (AvgIpc) is 2.13. The lowest BCUT2D eigenvalue weighted by Crippen LogP contribution is -1.83. The summed E-state index contributed by atoms with van der Waals surface area (Å²) in [6.07, 6.45) is -0.338. The topological polar surface area (TPSA) is 20.2 Å². The Bertz CT molecular complexity index is 210. The highest BCUT2D eigenvalue weighted by Crippen LogP contribution is 2.30. The van der Waals surface area contributed by atoms with Crippen molar-refractivity contribution >= 4 is 27.3 Å². The molecule has 0 amide bonds. The van der Waals surface area contributed by atoms with Crippen molar-refractivity contribution in [2.24, 2.45) is 0 Å². The van der Waals surface area contributed by atoms with Gasteiger partial charge in [-0.1, -0.05) is 0 Å². The van der Waals surface area contributed by atoms with E-state index in [1.54, 1.807) is 18.3 Å². The van der Waals surface area contributed by atoms with Crippen LogP contribution in [-0.2, 0) is 0 Å². The van der Waals surface area contributed by atoms with E-state index in [1.807, 2.05) is 13.0 Å². The molecule has 0 radical (unpaired) electrons. The van der Waals surface area contributed by atoms with E-state index in [9.17, 15) is 0 Å². The van der Waals surface area contributed by atoms with Gasteiger partial charge in [0.1, 0.15) is 0 Å². The van der Waals surface area contributed by atoms with Gasteiger partial charge < -0.3 is 5.11 Å². The van der Waals surface area contributed by atoms with Gasteiger partial charge in [-0.25, -0.2) is 0 Å². The Labute approximate surface area is 72.8 Å². The van der Waals surface area contributed by atoms with Gasteiger partial charge in [-0.05, 0) is 41.4 Å². The fraction of sp³-hybridized carbons (Fsp3) is 0.429. The number of rotatable bonds is 1. The Kier molecular flexibility index (Phi) is 2.50. The third kappa shape index (κ3) is 1.59. The molecule has 0 aliphatic heterocycles. The molecule has 1 aromatic heterocycles. The van der Waals surface area contributed by atoms with Gasteiger partial charge in [0.2, 0.25) is 0 Å². The summed E-state index contributed by atoms with van der Waals surface area (Å²) in [6, 6.07) is 2.00. The number of aryl methyl sites for hydroxylation is 1. The highest BCUT2D eigenvalue weighted by atomic mass is 79.9. The zero-order valence-corrected chi connectivity index (χ0v) is 8.29. The molecule has 1 nitrogen and oxygen atoms in total. The molecular formula is C7H9BrOS. The Morgan fingerprint density at radius 1 is 1.70 bits per heavy atom. The summed E-state index contributed by atoms with van der Waals surface area (Å²) >= 11 is 4.98. The van der Waals surface area contributed by atoms with Gasteiger partial charge in [-0.15, -0.1) is 11.3 Å². The molecule has 0 spiro atoms. The Morgan fingerprint density at radius 2 is 2.30 bits per heavy atom. The van der Waals surface area contributed by atoms with Crippen LogP contribution in [0.1, 0.15) is 23.5 Å². The first-order chi connectivity index (χ1) is 4.61. The highest BCUT2D eigenvalue weighted by molar-refractivity contribution is 9.11. The molecule has 1 N–H and O–H groups in total. The number of halogens is 1. The lowest BCUT2D eigenvalue weighted by atomic mass is 10.3. The predicted octanol–water partition coefficient (Wildman–Crippen LogP) is 2.87. The molecule has 0 fully saturated rings. The zero-order valence-electron chi connectivity index (χ0n) is 5.89. The monoisotopic (exact) mass is 220 g/mol. The maximum absolute atomic E-state index is 9.15. The van der Waals surface area contributed by atoms with Crippen LogP contribution in [0.25, 0.3) is 0 Å². The van der Waals surface area contributed by atoms with E-state index in [0.29, 0.717) is 0 Å². The van der Waals surface area contributed by atoms with Crippen molar-refractivity contribution in [1.29, 1.82) is 0 Å². The van der Waals surface area contributed by atoms with Crippen molar-refractivity contribution in [2.45, 2.75) is 20.0 Å². The van der Waals surface area contributed by atoms with Gasteiger partial charge in [0.15, 0.2) is 0 Å². The van der Waals surface area contributed by atoms with Crippen LogP contribution in [0.2, 0.25) is 0 Å². The molecule has 3 heteroatoms. The summed E-state index contributed by atoms with van der Waals surface area (Å²) in [6.45, 7) is 3.80. The van der Waals surface area contributed by atoms with Crippen molar-refractivity contribution < 1.29 is 5.11 Å². The van der Waals surface area contributed by atoms with E-state index in [1.165, 1.54) is 5.56 Å². The molecule has 0 saturated carbocycles. The molecule has 0 bridgehead atoms. The number of aliphatic hydroxyl groups excluding tert-OH is 1. The van der Waals surface area contributed by atoms with Crippen molar-refractivity contribution in [2.75, 3.05) is 0 Å². The van der Waals surface area contributed by atoms with E-state index in [0.717, 1.165) is 8.66 Å². The van der Waals surface area contributed by atoms with Crippen LogP contribution in [0.5, 0.6) is 0 Å². The lowest BCUT2D eigenvalue weighted by molar-refractivity contribution is 0.203. The van der Waals surface area contributed by atoms with Crippen LogP contribution in [0.15, 0.2) is 9.85 Å². The van der Waals surface area contributed by atoms with Crippen LogP contribution in [0, 0.1) is 6.92 Å². The van der Waals surface area contributed by atoms with Crippen molar-refractivity contribution in [1.82, 2.24) is 0 Å². The maximum atomic E-state index is 9.15. The number of thiophene rings is 1. The summed E-state index contributed by atoms with van der Waals surface area (Å²) in [5.41, 5.74) is 1.20. The second-order valence-electron chi connectivity index (χ2n) is 2.28. The third-order valence-corrected chi connectivity index (χ3v) is 3.59. The minimum atomic E-state index is -0.338. The fourth-order valence-electron chi connectivity index (χ4n) is 0.689. The van der Waals surface area contributed by atoms with Gasteiger partial charge >= 0.3 is 0 Å². The molecule has 10 heavy (non-hydrogen) atoms. The van der Waals surface area contributed by atoms with Crippen molar-refractivity contribution in [3.05, 3.63) is 20.3 Å². The number of aliphatic hydroxyl groups is 1. The molecule has 1 heterocycles. The van der Waals surface area contributed by atoms with Gasteiger partial charge in [0.25, 0.3) is 0 Å². The summed E-state index contributed by atoms with van der Waals surface area (Å²) in [7, 11) is 0. The van der Waals surface area contributed by atoms with E-state index in [-0.39, 0.29) is 6.10 Å². The molecule has 0 aliphatic rings. The second-order valence-corrected chi connectivity index (χ2v) is 4.68. The van der Waals surface area contributed by atoms with Gasteiger partial charge in [0.05, 0.1) is 9.89 Å². The normalized spacial score (nSPS) is 13.6. The predicted molar refractivity (Wildman–Crippen MR) is 47.4 cm³/mol. The van der Waals surface area contributed by atoms with E-state index in [4.69, 9.17) is 5.11 Å². The number of hydrogen-bond acceptors (Lipinski definition) is 2. The second kappa shape index (κ2) is 3.03. The first-order valence-electron chi connectivity index (χ1n) is 3.05. The zero-order chi connectivity index (χ0) is 7.72. The first kappa shape index (κ1) is 8.24. The quantitative estimate of drug-likeness (QED) is 0.773. The molecule has 56 valence electrons. The van der Waals surface area contributed by atoms with Crippen LogP contribution in [-0.4, -0.2) is 5.11 Å². The van der Waals surface area contributed by atoms with Crippen LogP contribution >= 0.6 is 27.3 Å². The Balaban J connectivity index is 2.98. The Hall–Kier alpha value is 0.140. The van der Waals surface area contributed by atoms with E-state index >= 15 is 0 Å². The van der Waals surface area contributed by atoms with Crippen LogP contribution < -0.4 is 0 Å². The van der Waals surface area contributed by atoms with Crippen molar-refractivity contribution in [3.8, 4) is 0 Å². The van der Waals surface area contributed by atoms with Crippen molar-refractivity contribution in [3.63, 3.8) is 0 Å². The standard InChI is InChI=1S/C7H9BrOS/c1-4-3-6(5(2)9)10-7(4)8/h3,5,9H,1-2H3/t5-/m1/s1. The van der Waals surface area contributed by atoms with E-state index in [2.05, 4.69) is 15.9 Å². The molecular weight excluding hydrogens is 212 g/mol. The smallest absolute Gasteiger partial charge is 0.0854 e. The largest absolute Gasteiger partial charge is 0.388 e. The molecule has 1 rings (SSSR count). The van der Waals surface area contributed by atoms with Crippen LogP contribution in [0.3, 0.4) is 0 Å². The third-order valence-electron chi connectivity index (χ3n) is 1.29. The summed E-state index contributed by atoms with van der Waals surface area (Å²) in [4.78, 5) is 1.02. The van der Waals surface area contributed by atoms with Gasteiger partial charge in [-0.3, -0.25) is 0 Å². The Morgan fingerprint density at radius 3 is 2.50 bits per heavy atom. The van der Waals surface area contributed by atoms with E-state index < -0.39 is 0 Å². The van der Waals surface area contributed by atoms with Gasteiger partial charge in [-0.2, -0.15) is 0 Å². The lowest BCUT2D eigenvalue weighted by Gasteiger charge is -1.95. The minimum Gasteiger partial charge on any atom is -0.388 e. The molecule has 1 aromatic rings. The molecule has 0 unspecified atom stereocenters. The molecule has 0 saturated heterocycles. The average molecular weight is 221 g/mol. The molecule has 1 atom stereocenters. The summed E-state index contributed by atoms with van der Waals surface area (Å²) in [5, 5.41) is 9.15. The maximum Gasteiger partial charge on any atom is 0.0854 e. The fourth-order valence-corrected chi connectivity index (χ4v) is 2.20. The van der Waals surface area contributed by atoms with Gasteiger partial charge in [0, 0.05) is 4.88 Å². The SMILES string of the molecule is Cc1cc([C@@H](C)O)sc1Br.